The van der Waals surface area contributed by atoms with Gasteiger partial charge in [0.05, 0.1) is 22.5 Å². The minimum atomic E-state index is -1.08. The van der Waals surface area contributed by atoms with Crippen LogP contribution in [0.4, 0.5) is 5.69 Å². The molecule has 6 nitrogen and oxygen atoms in total. The Labute approximate surface area is 167 Å². The van der Waals surface area contributed by atoms with E-state index in [0.29, 0.717) is 39.9 Å². The number of halogens is 1. The fourth-order valence-corrected chi connectivity index (χ4v) is 2.88. The highest BCUT2D eigenvalue weighted by atomic mass is 35.5. The summed E-state index contributed by atoms with van der Waals surface area (Å²) in [5.74, 6) is -0.883. The number of hydrogen-bond donors (Lipinski definition) is 1. The molecule has 142 valence electrons. The molecule has 3 rings (SSSR count). The number of carboxylic acid groups (broad SMARTS) is 1. The molecule has 0 aliphatic carbocycles. The van der Waals surface area contributed by atoms with Crippen LogP contribution >= 0.6 is 11.6 Å². The highest BCUT2D eigenvalue weighted by molar-refractivity contribution is 6.33. The second-order valence-electron chi connectivity index (χ2n) is 6.00. The van der Waals surface area contributed by atoms with Crippen LogP contribution in [-0.4, -0.2) is 29.3 Å². The number of amides is 1. The zero-order valence-corrected chi connectivity index (χ0v) is 15.8. The molecule has 2 aromatic rings. The average Bonchev–Trinajstić information content (AvgIpc) is 2.96. The van der Waals surface area contributed by atoms with Gasteiger partial charge in [0.15, 0.2) is 0 Å². The molecule has 0 unspecified atom stereocenters. The topological polar surface area (TPSA) is 79.2 Å². The fraction of sp³-hybridized carbons (Fsp3) is 0.0952. The second kappa shape index (κ2) is 8.10. The van der Waals surface area contributed by atoms with Crippen LogP contribution in [-0.2, 0) is 4.79 Å². The first kappa shape index (κ1) is 19.4. The molecule has 0 saturated heterocycles. The highest BCUT2D eigenvalue weighted by Crippen LogP contribution is 2.29. The molecule has 0 fully saturated rings. The largest absolute Gasteiger partial charge is 0.489 e. The van der Waals surface area contributed by atoms with Crippen molar-refractivity contribution in [1.29, 1.82) is 0 Å². The van der Waals surface area contributed by atoms with Gasteiger partial charge in [0.1, 0.15) is 12.4 Å². The van der Waals surface area contributed by atoms with E-state index in [4.69, 9.17) is 21.4 Å². The van der Waals surface area contributed by atoms with E-state index in [1.54, 1.807) is 49.4 Å². The Bertz CT molecular complexity index is 1030. The van der Waals surface area contributed by atoms with Crippen LogP contribution in [0.25, 0.3) is 6.08 Å². The summed E-state index contributed by atoms with van der Waals surface area (Å²) >= 11 is 6.09. The molecule has 1 N–H and O–H groups in total. The Hall–Kier alpha value is -3.38. The zero-order chi connectivity index (χ0) is 20.3. The van der Waals surface area contributed by atoms with Gasteiger partial charge >= 0.3 is 5.97 Å². The molecule has 1 heterocycles. The summed E-state index contributed by atoms with van der Waals surface area (Å²) in [4.78, 5) is 24.1. The molecule has 0 spiro atoms. The van der Waals surface area contributed by atoms with Gasteiger partial charge in [0, 0.05) is 10.6 Å². The first-order valence-electron chi connectivity index (χ1n) is 8.39. The molecular formula is C21H17ClN2O4. The quantitative estimate of drug-likeness (QED) is 0.579. The zero-order valence-electron chi connectivity index (χ0n) is 15.1. The van der Waals surface area contributed by atoms with Crippen molar-refractivity contribution in [2.24, 2.45) is 5.10 Å². The standard InChI is InChI=1S/C21H17ClN2O4/c1-3-9-28-19-8-7-16(22)10-15(19)12-18-13(2)23-24(20(18)25)17-6-4-5-14(11-17)21(26)27/h3-8,10-12H,1,9H2,2H3,(H,26,27)/b18-12-. The summed E-state index contributed by atoms with van der Waals surface area (Å²) in [5, 5.41) is 15.1. The Balaban J connectivity index is 1.97. The Kier molecular flexibility index (Phi) is 5.61. The van der Waals surface area contributed by atoms with Gasteiger partial charge in [0.2, 0.25) is 0 Å². The van der Waals surface area contributed by atoms with Crippen LogP contribution in [0.5, 0.6) is 5.75 Å². The number of nitrogens with zero attached hydrogens (tertiary/aromatic N) is 2. The maximum Gasteiger partial charge on any atom is 0.335 e. The number of rotatable bonds is 6. The molecule has 0 saturated carbocycles. The van der Waals surface area contributed by atoms with Crippen molar-refractivity contribution >= 4 is 41.0 Å². The average molecular weight is 397 g/mol. The van der Waals surface area contributed by atoms with Gasteiger partial charge in [-0.3, -0.25) is 4.79 Å². The lowest BCUT2D eigenvalue weighted by Crippen LogP contribution is -2.21. The first-order chi connectivity index (χ1) is 13.4. The minimum absolute atomic E-state index is 0.0746. The normalized spacial score (nSPS) is 14.9. The molecule has 7 heteroatoms. The highest BCUT2D eigenvalue weighted by Gasteiger charge is 2.29. The molecule has 1 aliphatic heterocycles. The van der Waals surface area contributed by atoms with Gasteiger partial charge in [-0.1, -0.05) is 30.3 Å². The Morgan fingerprint density at radius 2 is 2.11 bits per heavy atom. The number of hydrazone groups is 1. The van der Waals surface area contributed by atoms with E-state index >= 15 is 0 Å². The molecule has 1 aliphatic rings. The number of ether oxygens (including phenoxy) is 1. The van der Waals surface area contributed by atoms with Crippen LogP contribution in [0.15, 0.2) is 65.8 Å². The first-order valence-corrected chi connectivity index (χ1v) is 8.77. The fourth-order valence-electron chi connectivity index (χ4n) is 2.70. The van der Waals surface area contributed by atoms with E-state index in [0.717, 1.165) is 0 Å². The van der Waals surface area contributed by atoms with Gasteiger partial charge in [-0.25, -0.2) is 4.79 Å². The predicted molar refractivity (Wildman–Crippen MR) is 109 cm³/mol. The number of carbonyl (C=O) groups is 2. The third-order valence-electron chi connectivity index (χ3n) is 4.03. The van der Waals surface area contributed by atoms with Crippen LogP contribution in [0.2, 0.25) is 5.02 Å². The molecule has 0 aromatic heterocycles. The number of carboxylic acids is 1. The maximum atomic E-state index is 12.9. The van der Waals surface area contributed by atoms with Gasteiger partial charge in [-0.05, 0) is 49.4 Å². The SMILES string of the molecule is C=CCOc1ccc(Cl)cc1/C=C1\C(=O)N(c2cccc(C(=O)O)c2)N=C1C. The van der Waals surface area contributed by atoms with Crippen molar-refractivity contribution in [3.8, 4) is 5.75 Å². The van der Waals surface area contributed by atoms with Crippen molar-refractivity contribution in [3.63, 3.8) is 0 Å². The molecule has 0 bridgehead atoms. The third kappa shape index (κ3) is 3.97. The lowest BCUT2D eigenvalue weighted by atomic mass is 10.1. The van der Waals surface area contributed by atoms with E-state index in [1.165, 1.54) is 17.1 Å². The molecule has 0 atom stereocenters. The van der Waals surface area contributed by atoms with Gasteiger partial charge in [-0.2, -0.15) is 10.1 Å². The van der Waals surface area contributed by atoms with E-state index in [1.807, 2.05) is 0 Å². The summed E-state index contributed by atoms with van der Waals surface area (Å²) in [6, 6.07) is 11.2. The van der Waals surface area contributed by atoms with Crippen LogP contribution < -0.4 is 9.75 Å². The van der Waals surface area contributed by atoms with Crippen molar-refractivity contribution in [2.45, 2.75) is 6.92 Å². The number of benzene rings is 2. The van der Waals surface area contributed by atoms with Crippen molar-refractivity contribution < 1.29 is 19.4 Å². The molecular weight excluding hydrogens is 380 g/mol. The van der Waals surface area contributed by atoms with Crippen molar-refractivity contribution in [3.05, 3.63) is 76.8 Å². The Morgan fingerprint density at radius 1 is 1.32 bits per heavy atom. The predicted octanol–water partition coefficient (Wildman–Crippen LogP) is 4.41. The molecule has 1 amide bonds. The van der Waals surface area contributed by atoms with Gasteiger partial charge in [0.25, 0.3) is 5.91 Å². The summed E-state index contributed by atoms with van der Waals surface area (Å²) < 4.78 is 5.62. The van der Waals surface area contributed by atoms with E-state index in [-0.39, 0.29) is 11.5 Å². The lowest BCUT2D eigenvalue weighted by Gasteiger charge is -2.12. The summed E-state index contributed by atoms with van der Waals surface area (Å²) in [5.41, 5.74) is 1.95. The van der Waals surface area contributed by atoms with E-state index in [2.05, 4.69) is 11.7 Å². The van der Waals surface area contributed by atoms with Crippen molar-refractivity contribution in [1.82, 2.24) is 0 Å². The van der Waals surface area contributed by atoms with Crippen LogP contribution in [0.3, 0.4) is 0 Å². The minimum Gasteiger partial charge on any atom is -0.489 e. The lowest BCUT2D eigenvalue weighted by molar-refractivity contribution is -0.114. The number of carbonyl (C=O) groups excluding carboxylic acids is 1. The maximum absolute atomic E-state index is 12.9. The number of aromatic carboxylic acids is 1. The molecule has 2 aromatic carbocycles. The summed E-state index contributed by atoms with van der Waals surface area (Å²) in [6.07, 6.45) is 3.28. The third-order valence-corrected chi connectivity index (χ3v) is 4.26. The second-order valence-corrected chi connectivity index (χ2v) is 6.43. The van der Waals surface area contributed by atoms with Crippen LogP contribution in [0.1, 0.15) is 22.8 Å². The molecule has 0 radical (unpaired) electrons. The van der Waals surface area contributed by atoms with Gasteiger partial charge < -0.3 is 9.84 Å². The van der Waals surface area contributed by atoms with E-state index < -0.39 is 5.97 Å². The molecule has 28 heavy (non-hydrogen) atoms. The van der Waals surface area contributed by atoms with Gasteiger partial charge in [-0.15, -0.1) is 0 Å². The number of anilines is 1. The smallest absolute Gasteiger partial charge is 0.335 e. The van der Waals surface area contributed by atoms with E-state index in [9.17, 15) is 9.59 Å². The monoisotopic (exact) mass is 396 g/mol. The summed E-state index contributed by atoms with van der Waals surface area (Å²) in [7, 11) is 0. The number of hydrogen-bond acceptors (Lipinski definition) is 4. The van der Waals surface area contributed by atoms with Crippen LogP contribution in [0, 0.1) is 0 Å². The summed E-state index contributed by atoms with van der Waals surface area (Å²) in [6.45, 7) is 5.65. The van der Waals surface area contributed by atoms with Crippen molar-refractivity contribution in [2.75, 3.05) is 11.6 Å². The Morgan fingerprint density at radius 3 is 2.82 bits per heavy atom.